The summed E-state index contributed by atoms with van der Waals surface area (Å²) in [5, 5.41) is 8.39. The third-order valence-electron chi connectivity index (χ3n) is 2.66. The van der Waals surface area contributed by atoms with Gasteiger partial charge < -0.3 is 10.0 Å². The smallest absolute Gasteiger partial charge is 0.307 e. The van der Waals surface area contributed by atoms with Crippen molar-refractivity contribution in [3.05, 3.63) is 12.2 Å². The molecule has 0 bridgehead atoms. The number of carboxylic acid groups (broad SMARTS) is 1. The molecular formula is C10H15NO5S. The maximum Gasteiger partial charge on any atom is 0.307 e. The molecular weight excluding hydrogens is 246 g/mol. The van der Waals surface area contributed by atoms with Gasteiger partial charge in [0.05, 0.1) is 17.9 Å². The van der Waals surface area contributed by atoms with Gasteiger partial charge in [-0.25, -0.2) is 8.42 Å². The lowest BCUT2D eigenvalue weighted by molar-refractivity contribution is -0.136. The second-order valence-electron chi connectivity index (χ2n) is 4.01. The highest BCUT2D eigenvalue weighted by molar-refractivity contribution is 7.91. The Morgan fingerprint density at radius 3 is 2.59 bits per heavy atom. The summed E-state index contributed by atoms with van der Waals surface area (Å²) in [7, 11) is -1.49. The zero-order valence-electron chi connectivity index (χ0n) is 9.50. The zero-order chi connectivity index (χ0) is 13.1. The minimum Gasteiger partial charge on any atom is -0.481 e. The number of carbonyl (C=O) groups is 2. The molecule has 1 atom stereocenters. The molecule has 1 unspecified atom stereocenters. The Morgan fingerprint density at radius 2 is 2.12 bits per heavy atom. The van der Waals surface area contributed by atoms with Gasteiger partial charge in [0.2, 0.25) is 5.91 Å². The number of likely N-dealkylation sites (N-methyl/N-ethyl adjacent to an activating group) is 1. The lowest BCUT2D eigenvalue weighted by Crippen LogP contribution is -2.36. The molecule has 1 amide bonds. The van der Waals surface area contributed by atoms with E-state index in [1.165, 1.54) is 24.1 Å². The Balaban J connectivity index is 2.53. The number of amides is 1. The first-order chi connectivity index (χ1) is 7.82. The molecule has 1 aliphatic heterocycles. The predicted octanol–water partition coefficient (Wildman–Crippen LogP) is -0.337. The zero-order valence-corrected chi connectivity index (χ0v) is 10.3. The third kappa shape index (κ3) is 4.18. The van der Waals surface area contributed by atoms with Crippen LogP contribution in [-0.2, 0) is 19.4 Å². The monoisotopic (exact) mass is 261 g/mol. The van der Waals surface area contributed by atoms with Gasteiger partial charge in [-0.05, 0) is 12.5 Å². The Hall–Kier alpha value is -1.37. The normalized spacial score (nSPS) is 22.8. The van der Waals surface area contributed by atoms with E-state index in [1.807, 2.05) is 0 Å². The van der Waals surface area contributed by atoms with Crippen LogP contribution in [0.5, 0.6) is 0 Å². The van der Waals surface area contributed by atoms with Crippen LogP contribution < -0.4 is 0 Å². The molecule has 1 aliphatic rings. The number of sulfone groups is 1. The second-order valence-corrected chi connectivity index (χ2v) is 6.23. The summed E-state index contributed by atoms with van der Waals surface area (Å²) in [4.78, 5) is 23.2. The Bertz CT molecular complexity index is 440. The van der Waals surface area contributed by atoms with E-state index in [-0.39, 0.29) is 29.9 Å². The highest BCUT2D eigenvalue weighted by Gasteiger charge is 2.31. The van der Waals surface area contributed by atoms with Crippen molar-refractivity contribution in [1.29, 1.82) is 0 Å². The van der Waals surface area contributed by atoms with Crippen molar-refractivity contribution >= 4 is 21.7 Å². The van der Waals surface area contributed by atoms with Crippen LogP contribution in [0.4, 0.5) is 0 Å². The van der Waals surface area contributed by atoms with Gasteiger partial charge in [0.25, 0.3) is 0 Å². The summed E-state index contributed by atoms with van der Waals surface area (Å²) < 4.78 is 22.5. The summed E-state index contributed by atoms with van der Waals surface area (Å²) in [5.74, 6) is -1.29. The average Bonchev–Trinajstić information content (AvgIpc) is 2.57. The number of carboxylic acids is 1. The molecule has 1 rings (SSSR count). The van der Waals surface area contributed by atoms with E-state index in [4.69, 9.17) is 5.11 Å². The van der Waals surface area contributed by atoms with Gasteiger partial charge in [-0.1, -0.05) is 6.08 Å². The van der Waals surface area contributed by atoms with Crippen LogP contribution in [0.3, 0.4) is 0 Å². The average molecular weight is 261 g/mol. The lowest BCUT2D eigenvalue weighted by Gasteiger charge is -2.21. The van der Waals surface area contributed by atoms with Crippen molar-refractivity contribution in [1.82, 2.24) is 4.90 Å². The van der Waals surface area contributed by atoms with Gasteiger partial charge in [0.15, 0.2) is 9.84 Å². The fraction of sp³-hybridized carbons (Fsp3) is 0.600. The van der Waals surface area contributed by atoms with Crippen LogP contribution in [0.2, 0.25) is 0 Å². The number of hydrogen-bond donors (Lipinski definition) is 1. The molecule has 1 fully saturated rings. The van der Waals surface area contributed by atoms with Gasteiger partial charge >= 0.3 is 5.97 Å². The summed E-state index contributed by atoms with van der Waals surface area (Å²) in [6.45, 7) is 0. The first kappa shape index (κ1) is 13.7. The number of carbonyl (C=O) groups excluding carboxylic acids is 1. The predicted molar refractivity (Wildman–Crippen MR) is 61.2 cm³/mol. The van der Waals surface area contributed by atoms with Crippen LogP contribution in [0.1, 0.15) is 12.8 Å². The van der Waals surface area contributed by atoms with E-state index in [0.717, 1.165) is 0 Å². The fourth-order valence-electron chi connectivity index (χ4n) is 1.64. The Morgan fingerprint density at radius 1 is 1.47 bits per heavy atom. The van der Waals surface area contributed by atoms with Crippen molar-refractivity contribution in [2.75, 3.05) is 18.6 Å². The van der Waals surface area contributed by atoms with Gasteiger partial charge in [0.1, 0.15) is 0 Å². The van der Waals surface area contributed by atoms with Crippen LogP contribution in [-0.4, -0.2) is 54.9 Å². The Kier molecular flexibility index (Phi) is 4.28. The van der Waals surface area contributed by atoms with E-state index in [9.17, 15) is 18.0 Å². The molecule has 1 saturated heterocycles. The third-order valence-corrected chi connectivity index (χ3v) is 4.41. The summed E-state index contributed by atoms with van der Waals surface area (Å²) in [5.41, 5.74) is 0. The lowest BCUT2D eigenvalue weighted by atomic mass is 10.2. The second kappa shape index (κ2) is 5.31. The van der Waals surface area contributed by atoms with Crippen molar-refractivity contribution in [2.45, 2.75) is 18.9 Å². The standard InChI is InChI=1S/C10H15NO5S/c1-11(8-5-6-17(15,16)7-8)9(12)3-2-4-10(13)14/h2-3,8H,4-7H2,1H3,(H,13,14)/b3-2+. The number of hydrogen-bond acceptors (Lipinski definition) is 4. The van der Waals surface area contributed by atoms with Crippen LogP contribution in [0.15, 0.2) is 12.2 Å². The maximum atomic E-state index is 11.6. The van der Waals surface area contributed by atoms with E-state index in [0.29, 0.717) is 6.42 Å². The quantitative estimate of drug-likeness (QED) is 0.699. The van der Waals surface area contributed by atoms with E-state index in [2.05, 4.69) is 0 Å². The van der Waals surface area contributed by atoms with Gasteiger partial charge in [-0.3, -0.25) is 9.59 Å². The number of nitrogens with zero attached hydrogens (tertiary/aromatic N) is 1. The van der Waals surface area contributed by atoms with Gasteiger partial charge in [-0.15, -0.1) is 0 Å². The molecule has 0 aromatic heterocycles. The molecule has 17 heavy (non-hydrogen) atoms. The highest BCUT2D eigenvalue weighted by atomic mass is 32.2. The topological polar surface area (TPSA) is 91.8 Å². The SMILES string of the molecule is CN(C(=O)/C=C/CC(=O)O)C1CCS(=O)(=O)C1. The number of aliphatic carboxylic acids is 1. The molecule has 96 valence electrons. The van der Waals surface area contributed by atoms with Crippen LogP contribution in [0.25, 0.3) is 0 Å². The molecule has 0 saturated carbocycles. The number of rotatable bonds is 4. The summed E-state index contributed by atoms with van der Waals surface area (Å²) >= 11 is 0. The summed E-state index contributed by atoms with van der Waals surface area (Å²) in [6.07, 6.45) is 2.64. The largest absolute Gasteiger partial charge is 0.481 e. The molecule has 0 aromatic carbocycles. The van der Waals surface area contributed by atoms with Crippen molar-refractivity contribution < 1.29 is 23.1 Å². The van der Waals surface area contributed by atoms with Crippen molar-refractivity contribution in [3.8, 4) is 0 Å². The molecule has 1 N–H and O–H groups in total. The molecule has 0 aromatic rings. The van der Waals surface area contributed by atoms with Gasteiger partial charge in [0, 0.05) is 13.1 Å². The summed E-state index contributed by atoms with van der Waals surface area (Å²) in [6, 6.07) is -0.304. The molecule has 0 aliphatic carbocycles. The Labute approximate surface area is 99.8 Å². The minimum absolute atomic E-state index is 0.0119. The maximum absolute atomic E-state index is 11.6. The molecule has 6 nitrogen and oxygen atoms in total. The van der Waals surface area contributed by atoms with Crippen molar-refractivity contribution in [3.63, 3.8) is 0 Å². The molecule has 7 heteroatoms. The van der Waals surface area contributed by atoms with Gasteiger partial charge in [-0.2, -0.15) is 0 Å². The molecule has 1 heterocycles. The minimum atomic E-state index is -3.02. The molecule has 0 radical (unpaired) electrons. The van der Waals surface area contributed by atoms with E-state index in [1.54, 1.807) is 0 Å². The highest BCUT2D eigenvalue weighted by Crippen LogP contribution is 2.16. The van der Waals surface area contributed by atoms with E-state index >= 15 is 0 Å². The molecule has 0 spiro atoms. The van der Waals surface area contributed by atoms with E-state index < -0.39 is 15.8 Å². The fourth-order valence-corrected chi connectivity index (χ4v) is 3.41. The first-order valence-electron chi connectivity index (χ1n) is 5.17. The first-order valence-corrected chi connectivity index (χ1v) is 6.99. The van der Waals surface area contributed by atoms with Crippen molar-refractivity contribution in [2.24, 2.45) is 0 Å². The van der Waals surface area contributed by atoms with Crippen LogP contribution in [0, 0.1) is 0 Å². The van der Waals surface area contributed by atoms with Crippen LogP contribution >= 0.6 is 0 Å².